The van der Waals surface area contributed by atoms with Gasteiger partial charge in [-0.2, -0.15) is 0 Å². The summed E-state index contributed by atoms with van der Waals surface area (Å²) in [7, 11) is -3.54. The lowest BCUT2D eigenvalue weighted by Gasteiger charge is -2.21. The number of benzene rings is 1. The Hall–Kier alpha value is -1.77. The second-order valence-electron chi connectivity index (χ2n) is 4.90. The van der Waals surface area contributed by atoms with E-state index in [1.54, 1.807) is 23.6 Å². The molecular weight excluding hydrogens is 339 g/mol. The number of hydrogen-bond donors (Lipinski definition) is 1. The third kappa shape index (κ3) is 5.12. The van der Waals surface area contributed by atoms with Crippen LogP contribution in [0.15, 0.2) is 46.0 Å². The molecule has 5 nitrogen and oxygen atoms in total. The smallest absolute Gasteiger partial charge is 0.250 e. The van der Waals surface area contributed by atoms with Gasteiger partial charge in [0.25, 0.3) is 0 Å². The normalized spacial score (nSPS) is 11.4. The highest BCUT2D eigenvalue weighted by Gasteiger charge is 2.16. The van der Waals surface area contributed by atoms with Crippen LogP contribution in [0, 0.1) is 5.82 Å². The minimum absolute atomic E-state index is 0.112. The number of carbonyl (C=O) groups is 1. The van der Waals surface area contributed by atoms with E-state index >= 15 is 0 Å². The zero-order valence-corrected chi connectivity index (χ0v) is 14.2. The number of sulfonamides is 1. The van der Waals surface area contributed by atoms with Crippen LogP contribution >= 0.6 is 11.3 Å². The van der Waals surface area contributed by atoms with Crippen molar-refractivity contribution in [1.29, 1.82) is 0 Å². The molecule has 0 saturated heterocycles. The van der Waals surface area contributed by atoms with Crippen molar-refractivity contribution in [2.75, 3.05) is 13.1 Å². The molecule has 1 heterocycles. The topological polar surface area (TPSA) is 66.5 Å². The largest absolute Gasteiger partial charge is 0.337 e. The molecule has 0 aliphatic rings. The first-order valence-electron chi connectivity index (χ1n) is 6.91. The minimum atomic E-state index is -3.54. The van der Waals surface area contributed by atoms with Crippen LogP contribution in [0.1, 0.15) is 12.5 Å². The van der Waals surface area contributed by atoms with Crippen LogP contribution in [-0.2, 0) is 21.4 Å². The van der Waals surface area contributed by atoms with E-state index in [1.165, 1.54) is 30.0 Å². The van der Waals surface area contributed by atoms with Crippen LogP contribution in [0.25, 0.3) is 0 Å². The van der Waals surface area contributed by atoms with Gasteiger partial charge < -0.3 is 4.90 Å². The number of nitrogens with zero attached hydrogens (tertiary/aromatic N) is 1. The van der Waals surface area contributed by atoms with Gasteiger partial charge in [0, 0.05) is 26.6 Å². The van der Waals surface area contributed by atoms with Crippen molar-refractivity contribution in [1.82, 2.24) is 9.62 Å². The highest BCUT2D eigenvalue weighted by atomic mass is 32.2. The number of nitrogens with one attached hydrogen (secondary N) is 1. The lowest BCUT2D eigenvalue weighted by atomic mass is 10.2. The van der Waals surface area contributed by atoms with Gasteiger partial charge in [0.15, 0.2) is 0 Å². The predicted molar refractivity (Wildman–Crippen MR) is 87.0 cm³/mol. The first kappa shape index (κ1) is 17.6. The minimum Gasteiger partial charge on any atom is -0.337 e. The van der Waals surface area contributed by atoms with E-state index in [1.807, 2.05) is 0 Å². The van der Waals surface area contributed by atoms with Crippen LogP contribution in [-0.4, -0.2) is 32.3 Å². The Balaban J connectivity index is 1.93. The number of carbonyl (C=O) groups excluding carboxylic acids is 1. The first-order chi connectivity index (χ1) is 10.9. The quantitative estimate of drug-likeness (QED) is 0.827. The van der Waals surface area contributed by atoms with Gasteiger partial charge in [-0.3, -0.25) is 4.79 Å². The van der Waals surface area contributed by atoms with Gasteiger partial charge >= 0.3 is 0 Å². The summed E-state index contributed by atoms with van der Waals surface area (Å²) < 4.78 is 39.6. The molecule has 0 fully saturated rings. The summed E-state index contributed by atoms with van der Waals surface area (Å²) in [5, 5.41) is 1.69. The first-order valence-corrected chi connectivity index (χ1v) is 9.28. The maximum absolute atomic E-state index is 12.9. The van der Waals surface area contributed by atoms with Crippen molar-refractivity contribution < 1.29 is 17.6 Å². The van der Waals surface area contributed by atoms with E-state index in [-0.39, 0.29) is 29.0 Å². The summed E-state index contributed by atoms with van der Waals surface area (Å²) in [6.45, 7) is 2.06. The molecule has 0 saturated carbocycles. The molecule has 1 amide bonds. The molecule has 0 bridgehead atoms. The Morgan fingerprint density at radius 3 is 2.52 bits per heavy atom. The standard InChI is InChI=1S/C15H17FN2O3S2/c1-12(19)18(11-13-4-6-14(16)7-5-13)9-8-17-23(20,21)15-3-2-10-22-15/h2-7,10,17H,8-9,11H2,1H3. The molecule has 0 unspecified atom stereocenters. The molecule has 1 N–H and O–H groups in total. The monoisotopic (exact) mass is 356 g/mol. The Labute approximate surface area is 138 Å². The van der Waals surface area contributed by atoms with Crippen molar-refractivity contribution in [2.24, 2.45) is 0 Å². The van der Waals surface area contributed by atoms with Crippen LogP contribution in [0.5, 0.6) is 0 Å². The second kappa shape index (κ2) is 7.67. The third-order valence-electron chi connectivity index (χ3n) is 3.17. The fourth-order valence-corrected chi connectivity index (χ4v) is 4.02. The Morgan fingerprint density at radius 2 is 1.96 bits per heavy atom. The van der Waals surface area contributed by atoms with E-state index < -0.39 is 10.0 Å². The van der Waals surface area contributed by atoms with Crippen LogP contribution in [0.3, 0.4) is 0 Å². The number of amides is 1. The van der Waals surface area contributed by atoms with E-state index in [0.29, 0.717) is 6.54 Å². The number of halogens is 1. The van der Waals surface area contributed by atoms with Gasteiger partial charge in [-0.1, -0.05) is 18.2 Å². The molecule has 1 aromatic heterocycles. The molecule has 0 spiro atoms. The van der Waals surface area contributed by atoms with Crippen molar-refractivity contribution in [2.45, 2.75) is 17.7 Å². The van der Waals surface area contributed by atoms with E-state index in [9.17, 15) is 17.6 Å². The van der Waals surface area contributed by atoms with Crippen LogP contribution < -0.4 is 4.72 Å². The fourth-order valence-electron chi connectivity index (χ4n) is 1.96. The van der Waals surface area contributed by atoms with Gasteiger partial charge in [0.05, 0.1) is 0 Å². The summed E-state index contributed by atoms with van der Waals surface area (Å²) in [6.07, 6.45) is 0. The van der Waals surface area contributed by atoms with E-state index in [0.717, 1.165) is 16.9 Å². The van der Waals surface area contributed by atoms with Gasteiger partial charge in [-0.25, -0.2) is 17.5 Å². The summed E-state index contributed by atoms with van der Waals surface area (Å²) in [4.78, 5) is 13.2. The fraction of sp³-hybridized carbons (Fsp3) is 0.267. The van der Waals surface area contributed by atoms with Gasteiger partial charge in [-0.05, 0) is 29.1 Å². The van der Waals surface area contributed by atoms with Gasteiger partial charge in [0.2, 0.25) is 15.9 Å². The molecule has 0 aliphatic heterocycles. The van der Waals surface area contributed by atoms with E-state index in [4.69, 9.17) is 0 Å². The molecule has 0 radical (unpaired) electrons. The average molecular weight is 356 g/mol. The summed E-state index contributed by atoms with van der Waals surface area (Å²) >= 11 is 1.13. The Bertz CT molecular complexity index is 744. The maximum atomic E-state index is 12.9. The third-order valence-corrected chi connectivity index (χ3v) is 6.02. The van der Waals surface area contributed by atoms with Crippen molar-refractivity contribution >= 4 is 27.3 Å². The summed E-state index contributed by atoms with van der Waals surface area (Å²) in [5.41, 5.74) is 0.780. The summed E-state index contributed by atoms with van der Waals surface area (Å²) in [6, 6.07) is 9.03. The Morgan fingerprint density at radius 1 is 1.26 bits per heavy atom. The molecule has 0 aliphatic carbocycles. The van der Waals surface area contributed by atoms with Crippen LogP contribution in [0.2, 0.25) is 0 Å². The molecule has 1 aromatic carbocycles. The van der Waals surface area contributed by atoms with Crippen molar-refractivity contribution in [3.8, 4) is 0 Å². The molecule has 2 aromatic rings. The molecule has 8 heteroatoms. The lowest BCUT2D eigenvalue weighted by molar-refractivity contribution is -0.129. The maximum Gasteiger partial charge on any atom is 0.250 e. The molecule has 124 valence electrons. The average Bonchev–Trinajstić information content (AvgIpc) is 3.03. The zero-order chi connectivity index (χ0) is 16.9. The lowest BCUT2D eigenvalue weighted by Crippen LogP contribution is -2.36. The number of thiophene rings is 1. The Kier molecular flexibility index (Phi) is 5.86. The van der Waals surface area contributed by atoms with Crippen LogP contribution in [0.4, 0.5) is 4.39 Å². The molecular formula is C15H17FN2O3S2. The highest BCUT2D eigenvalue weighted by molar-refractivity contribution is 7.91. The van der Waals surface area contributed by atoms with E-state index in [2.05, 4.69) is 4.72 Å². The SMILES string of the molecule is CC(=O)N(CCNS(=O)(=O)c1cccs1)Cc1ccc(F)cc1. The van der Waals surface area contributed by atoms with Gasteiger partial charge in [-0.15, -0.1) is 11.3 Å². The van der Waals surface area contributed by atoms with Crippen molar-refractivity contribution in [3.05, 3.63) is 53.2 Å². The number of rotatable bonds is 7. The summed E-state index contributed by atoms with van der Waals surface area (Å²) in [5.74, 6) is -0.517. The highest BCUT2D eigenvalue weighted by Crippen LogP contribution is 2.15. The van der Waals surface area contributed by atoms with Crippen molar-refractivity contribution in [3.63, 3.8) is 0 Å². The zero-order valence-electron chi connectivity index (χ0n) is 12.5. The molecule has 0 atom stereocenters. The molecule has 23 heavy (non-hydrogen) atoms. The number of hydrogen-bond acceptors (Lipinski definition) is 4. The predicted octanol–water partition coefficient (Wildman–Crippen LogP) is 2.21. The molecule has 2 rings (SSSR count). The van der Waals surface area contributed by atoms with Gasteiger partial charge in [0.1, 0.15) is 10.0 Å². The second-order valence-corrected chi connectivity index (χ2v) is 7.84.